The van der Waals surface area contributed by atoms with Gasteiger partial charge in [0.1, 0.15) is 0 Å². The Bertz CT molecular complexity index is 280. The monoisotopic (exact) mass is 196 g/mol. The maximum atomic E-state index is 10.6. The summed E-state index contributed by atoms with van der Waals surface area (Å²) in [5.41, 5.74) is 0. The molecule has 0 aliphatic rings. The van der Waals surface area contributed by atoms with Crippen LogP contribution in [0.1, 0.15) is 32.7 Å². The number of hydrogen-bond donors (Lipinski definition) is 1. The van der Waals surface area contributed by atoms with Crippen LogP contribution in [-0.4, -0.2) is 20.9 Å². The number of hydrogen-bond acceptors (Lipinski definition) is 2. The quantitative estimate of drug-likeness (QED) is 0.783. The zero-order chi connectivity index (χ0) is 10.6. The number of carboxylic acids is 1. The van der Waals surface area contributed by atoms with Gasteiger partial charge in [0.05, 0.1) is 12.5 Å². The summed E-state index contributed by atoms with van der Waals surface area (Å²) >= 11 is 0. The number of carboxylic acid groups (broad SMARTS) is 1. The Balaban J connectivity index is 2.67. The lowest BCUT2D eigenvalue weighted by atomic mass is 10.0. The molecule has 0 spiro atoms. The van der Waals surface area contributed by atoms with Crippen molar-refractivity contribution >= 4 is 5.97 Å². The molecule has 0 aliphatic heterocycles. The van der Waals surface area contributed by atoms with E-state index in [4.69, 9.17) is 5.11 Å². The van der Waals surface area contributed by atoms with Crippen molar-refractivity contribution in [1.82, 2.24) is 9.78 Å². The molecule has 0 aromatic carbocycles. The van der Waals surface area contributed by atoms with E-state index in [9.17, 15) is 4.79 Å². The van der Waals surface area contributed by atoms with Gasteiger partial charge in [0.15, 0.2) is 0 Å². The molecule has 0 amide bonds. The molecule has 1 heterocycles. The Hall–Kier alpha value is -1.32. The van der Waals surface area contributed by atoms with Gasteiger partial charge in [-0.1, -0.05) is 13.8 Å². The molecule has 4 heteroatoms. The van der Waals surface area contributed by atoms with E-state index in [1.807, 2.05) is 12.3 Å². The SMILES string of the molecule is CC(C)CC(CC(=O)O)n1cccn1. The summed E-state index contributed by atoms with van der Waals surface area (Å²) in [5, 5.41) is 12.8. The minimum absolute atomic E-state index is 0.0255. The van der Waals surface area contributed by atoms with Crippen LogP contribution < -0.4 is 0 Å². The van der Waals surface area contributed by atoms with Crippen LogP contribution >= 0.6 is 0 Å². The molecule has 1 aromatic rings. The van der Waals surface area contributed by atoms with Gasteiger partial charge >= 0.3 is 5.97 Å². The van der Waals surface area contributed by atoms with Crippen LogP contribution in [0.25, 0.3) is 0 Å². The fourth-order valence-corrected chi connectivity index (χ4v) is 1.53. The van der Waals surface area contributed by atoms with Crippen molar-refractivity contribution in [2.75, 3.05) is 0 Å². The summed E-state index contributed by atoms with van der Waals surface area (Å²) in [7, 11) is 0. The minimum Gasteiger partial charge on any atom is -0.481 e. The van der Waals surface area contributed by atoms with Crippen LogP contribution in [0, 0.1) is 5.92 Å². The van der Waals surface area contributed by atoms with E-state index >= 15 is 0 Å². The molecule has 0 radical (unpaired) electrons. The summed E-state index contributed by atoms with van der Waals surface area (Å²) < 4.78 is 1.73. The van der Waals surface area contributed by atoms with Crippen LogP contribution in [0.15, 0.2) is 18.5 Å². The summed E-state index contributed by atoms with van der Waals surface area (Å²) in [5.74, 6) is -0.297. The fourth-order valence-electron chi connectivity index (χ4n) is 1.53. The molecule has 1 unspecified atom stereocenters. The zero-order valence-electron chi connectivity index (χ0n) is 8.55. The Morgan fingerprint density at radius 1 is 1.57 bits per heavy atom. The highest BCUT2D eigenvalue weighted by molar-refractivity contribution is 5.67. The Morgan fingerprint density at radius 3 is 2.71 bits per heavy atom. The first kappa shape index (κ1) is 10.8. The highest BCUT2D eigenvalue weighted by Gasteiger charge is 2.16. The number of rotatable bonds is 5. The highest BCUT2D eigenvalue weighted by Crippen LogP contribution is 2.19. The lowest BCUT2D eigenvalue weighted by molar-refractivity contribution is -0.138. The maximum Gasteiger partial charge on any atom is 0.305 e. The lowest BCUT2D eigenvalue weighted by Gasteiger charge is -2.17. The second kappa shape index (κ2) is 4.79. The molecular weight excluding hydrogens is 180 g/mol. The molecule has 1 aromatic heterocycles. The number of carbonyl (C=O) groups is 1. The van der Waals surface area contributed by atoms with E-state index in [2.05, 4.69) is 18.9 Å². The van der Waals surface area contributed by atoms with Crippen molar-refractivity contribution in [1.29, 1.82) is 0 Å². The predicted octanol–water partition coefficient (Wildman–Crippen LogP) is 1.95. The molecule has 14 heavy (non-hydrogen) atoms. The van der Waals surface area contributed by atoms with E-state index in [0.29, 0.717) is 5.92 Å². The number of aliphatic carboxylic acids is 1. The predicted molar refractivity (Wildman–Crippen MR) is 53.0 cm³/mol. The van der Waals surface area contributed by atoms with Crippen molar-refractivity contribution in [3.8, 4) is 0 Å². The topological polar surface area (TPSA) is 55.1 Å². The van der Waals surface area contributed by atoms with Crippen LogP contribution in [0.3, 0.4) is 0 Å². The minimum atomic E-state index is -0.772. The average Bonchev–Trinajstić information content (AvgIpc) is 2.52. The molecule has 0 saturated heterocycles. The van der Waals surface area contributed by atoms with Crippen LogP contribution in [-0.2, 0) is 4.79 Å². The first-order chi connectivity index (χ1) is 6.59. The Labute approximate surface area is 83.5 Å². The maximum absolute atomic E-state index is 10.6. The van der Waals surface area contributed by atoms with E-state index in [1.165, 1.54) is 0 Å². The molecule has 0 bridgehead atoms. The van der Waals surface area contributed by atoms with Gasteiger partial charge in [-0.2, -0.15) is 5.10 Å². The largest absolute Gasteiger partial charge is 0.481 e. The van der Waals surface area contributed by atoms with Crippen molar-refractivity contribution in [2.24, 2.45) is 5.92 Å². The fraction of sp³-hybridized carbons (Fsp3) is 0.600. The normalized spacial score (nSPS) is 13.1. The highest BCUT2D eigenvalue weighted by atomic mass is 16.4. The van der Waals surface area contributed by atoms with Gasteiger partial charge < -0.3 is 5.11 Å². The molecule has 78 valence electrons. The van der Waals surface area contributed by atoms with Crippen molar-refractivity contribution in [3.63, 3.8) is 0 Å². The summed E-state index contributed by atoms with van der Waals surface area (Å²) in [6.07, 6.45) is 4.47. The standard InChI is InChI=1S/C10H16N2O2/c1-8(2)6-9(7-10(13)14)12-5-3-4-11-12/h3-5,8-9H,6-7H2,1-2H3,(H,13,14). The first-order valence-corrected chi connectivity index (χ1v) is 4.80. The van der Waals surface area contributed by atoms with E-state index in [0.717, 1.165) is 6.42 Å². The second-order valence-corrected chi connectivity index (χ2v) is 3.87. The van der Waals surface area contributed by atoms with Gasteiger partial charge in [0.2, 0.25) is 0 Å². The molecule has 1 rings (SSSR count). The third-order valence-electron chi connectivity index (χ3n) is 2.05. The number of aromatic nitrogens is 2. The lowest BCUT2D eigenvalue weighted by Crippen LogP contribution is -2.16. The second-order valence-electron chi connectivity index (χ2n) is 3.87. The summed E-state index contributed by atoms with van der Waals surface area (Å²) in [6.45, 7) is 4.16. The molecule has 0 aliphatic carbocycles. The van der Waals surface area contributed by atoms with Crippen LogP contribution in [0.4, 0.5) is 0 Å². The smallest absolute Gasteiger partial charge is 0.305 e. The Kier molecular flexibility index (Phi) is 3.68. The van der Waals surface area contributed by atoms with Crippen LogP contribution in [0.5, 0.6) is 0 Å². The van der Waals surface area contributed by atoms with Gasteiger partial charge in [-0.05, 0) is 18.4 Å². The average molecular weight is 196 g/mol. The zero-order valence-corrected chi connectivity index (χ0v) is 8.55. The molecule has 1 N–H and O–H groups in total. The summed E-state index contributed by atoms with van der Waals surface area (Å²) in [4.78, 5) is 10.6. The van der Waals surface area contributed by atoms with Gasteiger partial charge in [-0.15, -0.1) is 0 Å². The molecule has 0 saturated carbocycles. The van der Waals surface area contributed by atoms with Gasteiger partial charge in [0.25, 0.3) is 0 Å². The van der Waals surface area contributed by atoms with Crippen molar-refractivity contribution in [3.05, 3.63) is 18.5 Å². The first-order valence-electron chi connectivity index (χ1n) is 4.80. The molecule has 1 atom stereocenters. The van der Waals surface area contributed by atoms with Gasteiger partial charge in [0, 0.05) is 12.4 Å². The van der Waals surface area contributed by atoms with Crippen molar-refractivity contribution < 1.29 is 9.90 Å². The third-order valence-corrected chi connectivity index (χ3v) is 2.05. The Morgan fingerprint density at radius 2 is 2.29 bits per heavy atom. The van der Waals surface area contributed by atoms with Gasteiger partial charge in [-0.25, -0.2) is 0 Å². The van der Waals surface area contributed by atoms with E-state index < -0.39 is 5.97 Å². The summed E-state index contributed by atoms with van der Waals surface area (Å²) in [6, 6.07) is 1.79. The number of nitrogens with zero attached hydrogens (tertiary/aromatic N) is 2. The third kappa shape index (κ3) is 3.20. The molecule has 0 fully saturated rings. The van der Waals surface area contributed by atoms with E-state index in [-0.39, 0.29) is 12.5 Å². The van der Waals surface area contributed by atoms with E-state index in [1.54, 1.807) is 10.9 Å². The van der Waals surface area contributed by atoms with Crippen LogP contribution in [0.2, 0.25) is 0 Å². The van der Waals surface area contributed by atoms with Crippen molar-refractivity contribution in [2.45, 2.75) is 32.7 Å². The molecular formula is C10H16N2O2. The molecule has 4 nitrogen and oxygen atoms in total. The van der Waals surface area contributed by atoms with Gasteiger partial charge in [-0.3, -0.25) is 9.48 Å².